The molecule has 1 saturated heterocycles. The molecule has 1 aromatic heterocycles. The lowest BCUT2D eigenvalue weighted by molar-refractivity contribution is -0.393. The Bertz CT molecular complexity index is 785. The third-order valence-corrected chi connectivity index (χ3v) is 4.04. The monoisotopic (exact) mass is 344 g/mol. The van der Waals surface area contributed by atoms with Crippen LogP contribution in [-0.4, -0.2) is 46.0 Å². The smallest absolute Gasteiger partial charge is 0.299 e. The molecule has 10 heteroatoms. The number of nitro benzene ring substituents is 2. The van der Waals surface area contributed by atoms with Crippen molar-refractivity contribution in [1.29, 1.82) is 0 Å². The number of rotatable bonds is 4. The summed E-state index contributed by atoms with van der Waals surface area (Å²) in [6.07, 6.45) is 4.12. The normalized spacial score (nSPS) is 14.9. The molecule has 10 nitrogen and oxygen atoms in total. The molecular weight excluding hydrogens is 328 g/mol. The summed E-state index contributed by atoms with van der Waals surface area (Å²) >= 11 is 0. The number of benzene rings is 1. The second-order valence-corrected chi connectivity index (χ2v) is 5.56. The van der Waals surface area contributed by atoms with Gasteiger partial charge in [0.2, 0.25) is 5.95 Å². The van der Waals surface area contributed by atoms with Crippen LogP contribution in [0.15, 0.2) is 36.7 Å². The predicted molar refractivity (Wildman–Crippen MR) is 90.8 cm³/mol. The van der Waals surface area contributed by atoms with Crippen LogP contribution in [-0.2, 0) is 0 Å². The van der Waals surface area contributed by atoms with Gasteiger partial charge in [0, 0.05) is 44.6 Å². The summed E-state index contributed by atoms with van der Waals surface area (Å²) in [6, 6.07) is 5.50. The average molecular weight is 344 g/mol. The van der Waals surface area contributed by atoms with Crippen LogP contribution >= 0.6 is 0 Å². The van der Waals surface area contributed by atoms with Crippen LogP contribution in [0.3, 0.4) is 0 Å². The van der Waals surface area contributed by atoms with Gasteiger partial charge in [-0.3, -0.25) is 20.2 Å². The topological polar surface area (TPSA) is 119 Å². The largest absolute Gasteiger partial charge is 0.364 e. The summed E-state index contributed by atoms with van der Waals surface area (Å²) in [5.74, 6) is 0.627. The van der Waals surface area contributed by atoms with E-state index in [1.54, 1.807) is 18.5 Å². The van der Waals surface area contributed by atoms with Crippen molar-refractivity contribution in [2.24, 2.45) is 0 Å². The number of hydrogen-bond donors (Lipinski definition) is 0. The van der Waals surface area contributed by atoms with E-state index in [0.29, 0.717) is 31.3 Å². The van der Waals surface area contributed by atoms with Crippen LogP contribution in [0.1, 0.15) is 6.42 Å². The van der Waals surface area contributed by atoms with E-state index in [2.05, 4.69) is 9.97 Å². The number of nitrogens with zero attached hydrogens (tertiary/aromatic N) is 6. The summed E-state index contributed by atoms with van der Waals surface area (Å²) in [6.45, 7) is 2.50. The van der Waals surface area contributed by atoms with E-state index in [1.807, 2.05) is 9.80 Å². The van der Waals surface area contributed by atoms with Crippen molar-refractivity contribution in [3.05, 3.63) is 56.9 Å². The van der Waals surface area contributed by atoms with Gasteiger partial charge >= 0.3 is 0 Å². The quantitative estimate of drug-likeness (QED) is 0.610. The Morgan fingerprint density at radius 3 is 2.28 bits per heavy atom. The van der Waals surface area contributed by atoms with Gasteiger partial charge < -0.3 is 9.80 Å². The molecule has 0 unspecified atom stereocenters. The fourth-order valence-corrected chi connectivity index (χ4v) is 2.85. The number of nitro groups is 2. The van der Waals surface area contributed by atoms with Crippen LogP contribution in [0.25, 0.3) is 0 Å². The van der Waals surface area contributed by atoms with Gasteiger partial charge in [0.15, 0.2) is 0 Å². The second kappa shape index (κ2) is 7.07. The molecule has 0 saturated carbocycles. The maximum Gasteiger partial charge on any atom is 0.299 e. The Kier molecular flexibility index (Phi) is 4.68. The standard InChI is InChI=1S/C15H16N6O4/c22-20(23)12-3-4-13(14(11-12)21(24)25)18-7-2-8-19(10-9-18)15-16-5-1-6-17-15/h1,3-6,11H,2,7-10H2. The molecule has 1 fully saturated rings. The highest BCUT2D eigenvalue weighted by molar-refractivity contribution is 5.67. The fourth-order valence-electron chi connectivity index (χ4n) is 2.85. The molecule has 2 heterocycles. The molecule has 1 aliphatic heterocycles. The van der Waals surface area contributed by atoms with Crippen LogP contribution in [0.2, 0.25) is 0 Å². The SMILES string of the molecule is O=[N+]([O-])c1ccc(N2CCCN(c3ncccn3)CC2)c([N+](=O)[O-])c1. The van der Waals surface area contributed by atoms with Crippen molar-refractivity contribution < 1.29 is 9.85 Å². The zero-order valence-electron chi connectivity index (χ0n) is 13.3. The predicted octanol–water partition coefficient (Wildman–Crippen LogP) is 2.01. The molecular formula is C15H16N6O4. The van der Waals surface area contributed by atoms with Crippen molar-refractivity contribution in [3.8, 4) is 0 Å². The number of hydrogen-bond acceptors (Lipinski definition) is 8. The highest BCUT2D eigenvalue weighted by atomic mass is 16.6. The van der Waals surface area contributed by atoms with Crippen LogP contribution in [0.4, 0.5) is 23.0 Å². The van der Waals surface area contributed by atoms with Gasteiger partial charge in [0.05, 0.1) is 15.9 Å². The van der Waals surface area contributed by atoms with E-state index in [1.165, 1.54) is 12.1 Å². The lowest BCUT2D eigenvalue weighted by Gasteiger charge is -2.23. The first-order valence-electron chi connectivity index (χ1n) is 7.76. The maximum atomic E-state index is 11.3. The Hall–Kier alpha value is -3.30. The second-order valence-electron chi connectivity index (χ2n) is 5.56. The third kappa shape index (κ3) is 3.62. The molecule has 1 aliphatic rings. The van der Waals surface area contributed by atoms with Gasteiger partial charge in [0.1, 0.15) is 5.69 Å². The molecule has 0 bridgehead atoms. The van der Waals surface area contributed by atoms with E-state index in [9.17, 15) is 20.2 Å². The average Bonchev–Trinajstić information content (AvgIpc) is 2.88. The van der Waals surface area contributed by atoms with Crippen molar-refractivity contribution >= 4 is 23.0 Å². The summed E-state index contributed by atoms with van der Waals surface area (Å²) in [5.41, 5.74) is -0.144. The van der Waals surface area contributed by atoms with Crippen LogP contribution in [0.5, 0.6) is 0 Å². The van der Waals surface area contributed by atoms with E-state index in [4.69, 9.17) is 0 Å². The van der Waals surface area contributed by atoms with Crippen molar-refractivity contribution in [3.63, 3.8) is 0 Å². The Morgan fingerprint density at radius 2 is 1.60 bits per heavy atom. The molecule has 1 aromatic carbocycles. The van der Waals surface area contributed by atoms with Crippen molar-refractivity contribution in [2.75, 3.05) is 36.0 Å². The molecule has 0 spiro atoms. The van der Waals surface area contributed by atoms with Gasteiger partial charge in [-0.1, -0.05) is 0 Å². The summed E-state index contributed by atoms with van der Waals surface area (Å²) in [7, 11) is 0. The van der Waals surface area contributed by atoms with Crippen LogP contribution in [0, 0.1) is 20.2 Å². The minimum Gasteiger partial charge on any atom is -0.364 e. The van der Waals surface area contributed by atoms with Gasteiger partial charge in [-0.15, -0.1) is 0 Å². The molecule has 130 valence electrons. The molecule has 25 heavy (non-hydrogen) atoms. The van der Waals surface area contributed by atoms with E-state index in [-0.39, 0.29) is 11.4 Å². The van der Waals surface area contributed by atoms with Crippen LogP contribution < -0.4 is 9.80 Å². The lowest BCUT2D eigenvalue weighted by Crippen LogP contribution is -2.31. The first kappa shape index (κ1) is 16.6. The van der Waals surface area contributed by atoms with E-state index >= 15 is 0 Å². The zero-order chi connectivity index (χ0) is 17.8. The molecule has 0 amide bonds. The molecule has 0 atom stereocenters. The van der Waals surface area contributed by atoms with Crippen molar-refractivity contribution in [1.82, 2.24) is 9.97 Å². The Labute approximate surface area is 143 Å². The third-order valence-electron chi connectivity index (χ3n) is 4.04. The number of aromatic nitrogens is 2. The molecule has 3 rings (SSSR count). The zero-order valence-corrected chi connectivity index (χ0v) is 13.3. The molecule has 0 aliphatic carbocycles. The molecule has 2 aromatic rings. The van der Waals surface area contributed by atoms with E-state index in [0.717, 1.165) is 19.0 Å². The number of anilines is 2. The fraction of sp³-hybridized carbons (Fsp3) is 0.333. The molecule has 0 radical (unpaired) electrons. The first-order valence-corrected chi connectivity index (χ1v) is 7.76. The van der Waals surface area contributed by atoms with Gasteiger partial charge in [0.25, 0.3) is 11.4 Å². The highest BCUT2D eigenvalue weighted by Gasteiger charge is 2.25. The van der Waals surface area contributed by atoms with Crippen molar-refractivity contribution in [2.45, 2.75) is 6.42 Å². The Morgan fingerprint density at radius 1 is 0.920 bits per heavy atom. The van der Waals surface area contributed by atoms with Gasteiger partial charge in [-0.2, -0.15) is 0 Å². The highest BCUT2D eigenvalue weighted by Crippen LogP contribution is 2.32. The minimum atomic E-state index is -0.631. The lowest BCUT2D eigenvalue weighted by atomic mass is 10.2. The summed E-state index contributed by atoms with van der Waals surface area (Å²) in [4.78, 5) is 33.4. The Balaban J connectivity index is 1.83. The van der Waals surface area contributed by atoms with Gasteiger partial charge in [-0.25, -0.2) is 9.97 Å². The minimum absolute atomic E-state index is 0.251. The van der Waals surface area contributed by atoms with Gasteiger partial charge in [-0.05, 0) is 18.6 Å². The number of non-ortho nitro benzene ring substituents is 1. The maximum absolute atomic E-state index is 11.3. The first-order chi connectivity index (χ1) is 12.1. The summed E-state index contributed by atoms with van der Waals surface area (Å²) in [5, 5.41) is 22.2. The summed E-state index contributed by atoms with van der Waals surface area (Å²) < 4.78 is 0. The van der Waals surface area contributed by atoms with E-state index < -0.39 is 9.85 Å². The molecule has 0 N–H and O–H groups in total.